The minimum atomic E-state index is -0.514. The van der Waals surface area contributed by atoms with Gasteiger partial charge in [0.05, 0.1) is 12.7 Å². The molecule has 0 bridgehead atoms. The molecule has 1 aliphatic heterocycles. The van der Waals surface area contributed by atoms with Crippen molar-refractivity contribution in [3.8, 4) is 11.5 Å². The number of carbonyl (C=O) groups excluding carboxylic acids is 2. The van der Waals surface area contributed by atoms with Crippen LogP contribution in [0.5, 0.6) is 11.5 Å². The van der Waals surface area contributed by atoms with Crippen molar-refractivity contribution in [1.29, 1.82) is 0 Å². The zero-order chi connectivity index (χ0) is 23.7. The maximum atomic E-state index is 13.6. The molecule has 1 aliphatic carbocycles. The number of esters is 1. The number of carbonyl (C=O) groups is 2. The Labute approximate surface area is 202 Å². The van der Waals surface area contributed by atoms with Crippen LogP contribution in [-0.4, -0.2) is 18.9 Å². The van der Waals surface area contributed by atoms with E-state index < -0.39 is 11.9 Å². The van der Waals surface area contributed by atoms with Gasteiger partial charge in [-0.15, -0.1) is 11.3 Å². The number of hydrogen-bond donors (Lipinski definition) is 1. The van der Waals surface area contributed by atoms with Crippen LogP contribution in [0.25, 0.3) is 0 Å². The molecule has 0 spiro atoms. The van der Waals surface area contributed by atoms with Gasteiger partial charge in [0.1, 0.15) is 11.5 Å². The highest BCUT2D eigenvalue weighted by atomic mass is 32.1. The second-order valence-electron chi connectivity index (χ2n) is 8.51. The molecule has 0 unspecified atom stereocenters. The molecule has 2 aromatic carbocycles. The molecule has 34 heavy (non-hydrogen) atoms. The Morgan fingerprint density at radius 3 is 2.53 bits per heavy atom. The van der Waals surface area contributed by atoms with Gasteiger partial charge in [-0.05, 0) is 54.6 Å². The molecule has 2 heterocycles. The number of rotatable bonds is 5. The molecule has 5 rings (SSSR count). The summed E-state index contributed by atoms with van der Waals surface area (Å²) in [5.74, 6) is 0.604. The van der Waals surface area contributed by atoms with E-state index in [0.29, 0.717) is 29.0 Å². The zero-order valence-corrected chi connectivity index (χ0v) is 19.9. The average Bonchev–Trinajstić information content (AvgIpc) is 3.38. The summed E-state index contributed by atoms with van der Waals surface area (Å²) in [6.07, 6.45) is 1.15. The summed E-state index contributed by atoms with van der Waals surface area (Å²) in [5, 5.41) is 5.41. The molecule has 2 aliphatic rings. The molecular weight excluding hydrogens is 446 g/mol. The Hall–Kier alpha value is -3.64. The average molecular weight is 472 g/mol. The zero-order valence-electron chi connectivity index (χ0n) is 19.0. The topological polar surface area (TPSA) is 64.6 Å². The maximum Gasteiger partial charge on any atom is 0.336 e. The van der Waals surface area contributed by atoms with Crippen LogP contribution in [0.3, 0.4) is 0 Å². The van der Waals surface area contributed by atoms with Gasteiger partial charge in [0, 0.05) is 40.1 Å². The second-order valence-corrected chi connectivity index (χ2v) is 9.49. The lowest BCUT2D eigenvalue weighted by Gasteiger charge is -2.36. The molecule has 0 amide bonds. The van der Waals surface area contributed by atoms with Crippen LogP contribution in [0.1, 0.15) is 42.0 Å². The number of allylic oxidation sites excluding steroid dienone is 3. The van der Waals surface area contributed by atoms with Crippen molar-refractivity contribution in [2.75, 3.05) is 7.11 Å². The number of methoxy groups -OCH3 is 1. The molecule has 6 heteroatoms. The first-order chi connectivity index (χ1) is 16.5. The van der Waals surface area contributed by atoms with E-state index in [0.717, 1.165) is 23.4 Å². The standard InChI is InChI=1S/C28H25NO4S/c1-17-25(28(31)32-2)26(18-8-6-11-21(14-18)33-20-9-4-3-5-10-20)27-22(29-17)15-19(16-23(27)30)24-12-7-13-34-24/h3-14,19,26,29H,15-16H2,1-2H3/t19-,26-/m0/s1. The van der Waals surface area contributed by atoms with Gasteiger partial charge in [-0.2, -0.15) is 0 Å². The molecule has 2 atom stereocenters. The summed E-state index contributed by atoms with van der Waals surface area (Å²) in [7, 11) is 1.37. The molecule has 1 N–H and O–H groups in total. The summed E-state index contributed by atoms with van der Waals surface area (Å²) >= 11 is 1.68. The number of para-hydroxylation sites is 1. The molecule has 172 valence electrons. The predicted molar refractivity (Wildman–Crippen MR) is 132 cm³/mol. The number of ketones is 1. The van der Waals surface area contributed by atoms with Gasteiger partial charge in [-0.25, -0.2) is 4.79 Å². The van der Waals surface area contributed by atoms with Crippen molar-refractivity contribution in [3.05, 3.63) is 105 Å². The van der Waals surface area contributed by atoms with E-state index in [1.807, 2.05) is 73.0 Å². The van der Waals surface area contributed by atoms with E-state index in [4.69, 9.17) is 9.47 Å². The first-order valence-corrected chi connectivity index (χ1v) is 12.1. The van der Waals surface area contributed by atoms with Gasteiger partial charge in [0.25, 0.3) is 0 Å². The third kappa shape index (κ3) is 4.17. The minimum absolute atomic E-state index is 0.0560. The Morgan fingerprint density at radius 2 is 1.79 bits per heavy atom. The van der Waals surface area contributed by atoms with E-state index in [-0.39, 0.29) is 11.7 Å². The largest absolute Gasteiger partial charge is 0.466 e. The second kappa shape index (κ2) is 9.31. The number of dihydropyridines is 1. The van der Waals surface area contributed by atoms with Crippen molar-refractivity contribution < 1.29 is 19.1 Å². The van der Waals surface area contributed by atoms with Crippen molar-refractivity contribution >= 4 is 23.1 Å². The fourth-order valence-electron chi connectivity index (χ4n) is 4.86. The minimum Gasteiger partial charge on any atom is -0.466 e. The quantitative estimate of drug-likeness (QED) is 0.457. The van der Waals surface area contributed by atoms with Gasteiger partial charge in [0.15, 0.2) is 5.78 Å². The maximum absolute atomic E-state index is 13.6. The third-order valence-corrected chi connectivity index (χ3v) is 7.38. The van der Waals surface area contributed by atoms with E-state index in [1.54, 1.807) is 11.3 Å². The first kappa shape index (κ1) is 22.2. The summed E-state index contributed by atoms with van der Waals surface area (Å²) < 4.78 is 11.2. The molecule has 3 aromatic rings. The molecule has 0 radical (unpaired) electrons. The Kier molecular flexibility index (Phi) is 6.07. The summed E-state index contributed by atoms with van der Waals surface area (Å²) in [4.78, 5) is 27.6. The number of ether oxygens (including phenoxy) is 2. The van der Waals surface area contributed by atoms with Gasteiger partial charge >= 0.3 is 5.97 Å². The normalized spacial score (nSPS) is 20.0. The number of nitrogens with one attached hydrogen (secondary N) is 1. The number of thiophene rings is 1. The number of hydrogen-bond acceptors (Lipinski definition) is 6. The highest BCUT2D eigenvalue weighted by Crippen LogP contribution is 2.46. The Balaban J connectivity index is 1.57. The monoisotopic (exact) mass is 471 g/mol. The fourth-order valence-corrected chi connectivity index (χ4v) is 5.69. The van der Waals surface area contributed by atoms with Crippen molar-refractivity contribution in [1.82, 2.24) is 5.32 Å². The summed E-state index contributed by atoms with van der Waals surface area (Å²) in [5.41, 5.74) is 3.53. The molecular formula is C28H25NO4S. The van der Waals surface area contributed by atoms with E-state index in [2.05, 4.69) is 11.4 Å². The summed E-state index contributed by atoms with van der Waals surface area (Å²) in [6.45, 7) is 1.87. The smallest absolute Gasteiger partial charge is 0.336 e. The van der Waals surface area contributed by atoms with Crippen LogP contribution in [0.15, 0.2) is 94.7 Å². The number of benzene rings is 2. The molecule has 1 aromatic heterocycles. The lowest BCUT2D eigenvalue weighted by Crippen LogP contribution is -2.35. The Morgan fingerprint density at radius 1 is 1.00 bits per heavy atom. The molecule has 0 fully saturated rings. The van der Waals surface area contributed by atoms with Crippen LogP contribution < -0.4 is 10.1 Å². The predicted octanol–water partition coefficient (Wildman–Crippen LogP) is 6.08. The van der Waals surface area contributed by atoms with Crippen molar-refractivity contribution in [2.45, 2.75) is 31.6 Å². The summed E-state index contributed by atoms with van der Waals surface area (Å²) in [6, 6.07) is 21.2. The highest BCUT2D eigenvalue weighted by Gasteiger charge is 2.41. The van der Waals surface area contributed by atoms with Crippen molar-refractivity contribution in [3.63, 3.8) is 0 Å². The van der Waals surface area contributed by atoms with Crippen LogP contribution in [-0.2, 0) is 14.3 Å². The van der Waals surface area contributed by atoms with Crippen LogP contribution in [0.4, 0.5) is 0 Å². The van der Waals surface area contributed by atoms with E-state index in [1.165, 1.54) is 12.0 Å². The van der Waals surface area contributed by atoms with Gasteiger partial charge < -0.3 is 14.8 Å². The van der Waals surface area contributed by atoms with E-state index >= 15 is 0 Å². The van der Waals surface area contributed by atoms with Gasteiger partial charge in [0.2, 0.25) is 0 Å². The van der Waals surface area contributed by atoms with Gasteiger partial charge in [-0.3, -0.25) is 4.79 Å². The first-order valence-electron chi connectivity index (χ1n) is 11.2. The van der Waals surface area contributed by atoms with Gasteiger partial charge in [-0.1, -0.05) is 36.4 Å². The molecule has 0 saturated carbocycles. The SMILES string of the molecule is COC(=O)C1=C(C)NC2=C(C(=O)C[C@@H](c3cccs3)C2)[C@H]1c1cccc(Oc2ccccc2)c1. The molecule has 5 nitrogen and oxygen atoms in total. The van der Waals surface area contributed by atoms with Crippen LogP contribution >= 0.6 is 11.3 Å². The highest BCUT2D eigenvalue weighted by molar-refractivity contribution is 7.10. The Bertz CT molecular complexity index is 1290. The van der Waals surface area contributed by atoms with Crippen molar-refractivity contribution in [2.24, 2.45) is 0 Å². The third-order valence-electron chi connectivity index (χ3n) is 6.35. The van der Waals surface area contributed by atoms with Crippen LogP contribution in [0, 0.1) is 0 Å². The van der Waals surface area contributed by atoms with Crippen LogP contribution in [0.2, 0.25) is 0 Å². The number of Topliss-reactive ketones (excluding diaryl/α,β-unsaturated/α-hetero) is 1. The van der Waals surface area contributed by atoms with E-state index in [9.17, 15) is 9.59 Å². The fraction of sp³-hybridized carbons (Fsp3) is 0.214. The lowest BCUT2D eigenvalue weighted by atomic mass is 9.72. The lowest BCUT2D eigenvalue weighted by molar-refractivity contribution is -0.136. The molecule has 0 saturated heterocycles.